The summed E-state index contributed by atoms with van der Waals surface area (Å²) in [5.41, 5.74) is 1.63. The van der Waals surface area contributed by atoms with E-state index in [9.17, 15) is 4.79 Å². The Morgan fingerprint density at radius 3 is 3.12 bits per heavy atom. The molecule has 0 saturated carbocycles. The van der Waals surface area contributed by atoms with E-state index in [1.54, 1.807) is 6.20 Å². The normalized spacial score (nSPS) is 24.4. The number of pyridine rings is 1. The fourth-order valence-electron chi connectivity index (χ4n) is 2.11. The summed E-state index contributed by atoms with van der Waals surface area (Å²) < 4.78 is 5.50. The third kappa shape index (κ3) is 2.82. The van der Waals surface area contributed by atoms with Crippen molar-refractivity contribution < 1.29 is 9.53 Å². The van der Waals surface area contributed by atoms with Crippen molar-refractivity contribution in [2.45, 2.75) is 32.8 Å². The minimum absolute atomic E-state index is 0.000674. The number of amides is 1. The van der Waals surface area contributed by atoms with Crippen molar-refractivity contribution in [1.82, 2.24) is 4.98 Å². The van der Waals surface area contributed by atoms with Crippen molar-refractivity contribution in [2.24, 2.45) is 5.92 Å². The number of anilines is 1. The van der Waals surface area contributed by atoms with Crippen LogP contribution in [0.3, 0.4) is 0 Å². The number of rotatable bonds is 2. The van der Waals surface area contributed by atoms with Crippen LogP contribution in [0.2, 0.25) is 0 Å². The molecule has 4 nitrogen and oxygen atoms in total. The molecule has 2 atom stereocenters. The Hall–Kier alpha value is -1.42. The number of nitrogens with zero attached hydrogens (tertiary/aromatic N) is 1. The van der Waals surface area contributed by atoms with Gasteiger partial charge in [-0.2, -0.15) is 0 Å². The lowest BCUT2D eigenvalue weighted by atomic mass is 9.94. The van der Waals surface area contributed by atoms with E-state index in [4.69, 9.17) is 4.74 Å². The Morgan fingerprint density at radius 2 is 2.41 bits per heavy atom. The van der Waals surface area contributed by atoms with Gasteiger partial charge in [-0.15, -0.1) is 0 Å². The van der Waals surface area contributed by atoms with Gasteiger partial charge in [0.05, 0.1) is 23.4 Å². The zero-order chi connectivity index (χ0) is 12.3. The Morgan fingerprint density at radius 1 is 1.59 bits per heavy atom. The molecule has 92 valence electrons. The summed E-state index contributed by atoms with van der Waals surface area (Å²) in [7, 11) is 0. The molecule has 17 heavy (non-hydrogen) atoms. The van der Waals surface area contributed by atoms with Crippen molar-refractivity contribution in [2.75, 3.05) is 11.9 Å². The molecule has 1 amide bonds. The molecule has 2 heterocycles. The molecule has 0 bridgehead atoms. The first-order valence-electron chi connectivity index (χ1n) is 6.02. The van der Waals surface area contributed by atoms with Crippen molar-refractivity contribution in [3.05, 3.63) is 24.0 Å². The lowest BCUT2D eigenvalue weighted by Gasteiger charge is -2.28. The first-order chi connectivity index (χ1) is 8.18. The molecule has 1 aromatic heterocycles. The molecular formula is C13H18N2O2. The third-order valence-electron chi connectivity index (χ3n) is 3.21. The number of aromatic nitrogens is 1. The second kappa shape index (κ2) is 5.27. The van der Waals surface area contributed by atoms with Crippen LogP contribution in [0, 0.1) is 12.8 Å². The topological polar surface area (TPSA) is 51.2 Å². The maximum atomic E-state index is 12.1. The molecule has 1 aliphatic heterocycles. The molecule has 1 aliphatic rings. The van der Waals surface area contributed by atoms with Gasteiger partial charge in [-0.05, 0) is 38.8 Å². The summed E-state index contributed by atoms with van der Waals surface area (Å²) in [6, 6.07) is 3.69. The summed E-state index contributed by atoms with van der Waals surface area (Å²) in [5.74, 6) is -0.0170. The van der Waals surface area contributed by atoms with Crippen LogP contribution in [0.25, 0.3) is 0 Å². The van der Waals surface area contributed by atoms with E-state index in [1.165, 1.54) is 0 Å². The molecule has 0 radical (unpaired) electrons. The van der Waals surface area contributed by atoms with Crippen LogP contribution in [0.1, 0.15) is 25.5 Å². The Labute approximate surface area is 101 Å². The molecule has 2 rings (SSSR count). The van der Waals surface area contributed by atoms with Crippen molar-refractivity contribution >= 4 is 11.6 Å². The van der Waals surface area contributed by atoms with Crippen molar-refractivity contribution in [3.8, 4) is 0 Å². The molecule has 1 N–H and O–H groups in total. The highest BCUT2D eigenvalue weighted by Crippen LogP contribution is 2.22. The maximum absolute atomic E-state index is 12.1. The highest BCUT2D eigenvalue weighted by molar-refractivity contribution is 5.93. The molecule has 0 aliphatic carbocycles. The molecule has 0 spiro atoms. The predicted molar refractivity (Wildman–Crippen MR) is 65.7 cm³/mol. The number of carbonyl (C=O) groups excluding carboxylic acids is 1. The highest BCUT2D eigenvalue weighted by Gasteiger charge is 2.28. The van der Waals surface area contributed by atoms with E-state index in [2.05, 4.69) is 10.3 Å². The summed E-state index contributed by atoms with van der Waals surface area (Å²) in [4.78, 5) is 16.3. The molecular weight excluding hydrogens is 216 g/mol. The van der Waals surface area contributed by atoms with Crippen LogP contribution >= 0.6 is 0 Å². The summed E-state index contributed by atoms with van der Waals surface area (Å²) in [6.07, 6.45) is 3.57. The van der Waals surface area contributed by atoms with Gasteiger partial charge in [0.1, 0.15) is 0 Å². The summed E-state index contributed by atoms with van der Waals surface area (Å²) >= 11 is 0. The van der Waals surface area contributed by atoms with Gasteiger partial charge in [-0.1, -0.05) is 0 Å². The smallest absolute Gasteiger partial charge is 0.230 e. The summed E-state index contributed by atoms with van der Waals surface area (Å²) in [5, 5.41) is 2.93. The minimum Gasteiger partial charge on any atom is -0.378 e. The lowest BCUT2D eigenvalue weighted by molar-refractivity contribution is -0.127. The van der Waals surface area contributed by atoms with Gasteiger partial charge in [0, 0.05) is 12.8 Å². The highest BCUT2D eigenvalue weighted by atomic mass is 16.5. The van der Waals surface area contributed by atoms with E-state index in [0.29, 0.717) is 0 Å². The molecule has 1 aromatic rings. The van der Waals surface area contributed by atoms with Crippen LogP contribution in [-0.4, -0.2) is 23.6 Å². The maximum Gasteiger partial charge on any atom is 0.230 e. The van der Waals surface area contributed by atoms with Crippen molar-refractivity contribution in [1.29, 1.82) is 0 Å². The number of nitrogens with one attached hydrogen (secondary N) is 1. The summed E-state index contributed by atoms with van der Waals surface area (Å²) in [6.45, 7) is 4.60. The zero-order valence-electron chi connectivity index (χ0n) is 10.3. The molecule has 1 saturated heterocycles. The number of hydrogen-bond donors (Lipinski definition) is 1. The Bertz CT molecular complexity index is 406. The van der Waals surface area contributed by atoms with Gasteiger partial charge < -0.3 is 10.1 Å². The molecule has 0 aromatic carbocycles. The van der Waals surface area contributed by atoms with Gasteiger partial charge >= 0.3 is 0 Å². The van der Waals surface area contributed by atoms with Crippen LogP contribution in [0.4, 0.5) is 5.69 Å². The largest absolute Gasteiger partial charge is 0.378 e. The average Bonchev–Trinajstić information content (AvgIpc) is 2.32. The van der Waals surface area contributed by atoms with Gasteiger partial charge in [-0.25, -0.2) is 0 Å². The second-order valence-electron chi connectivity index (χ2n) is 4.45. The predicted octanol–water partition coefficient (Wildman–Crippen LogP) is 2.14. The minimum atomic E-state index is -0.0524. The van der Waals surface area contributed by atoms with E-state index in [1.807, 2.05) is 26.0 Å². The van der Waals surface area contributed by atoms with E-state index < -0.39 is 0 Å². The van der Waals surface area contributed by atoms with Gasteiger partial charge in [0.2, 0.25) is 5.91 Å². The number of aryl methyl sites for hydroxylation is 1. The van der Waals surface area contributed by atoms with Gasteiger partial charge in [0.25, 0.3) is 0 Å². The van der Waals surface area contributed by atoms with Crippen LogP contribution in [0.5, 0.6) is 0 Å². The molecule has 4 heteroatoms. The monoisotopic (exact) mass is 234 g/mol. The van der Waals surface area contributed by atoms with E-state index in [-0.39, 0.29) is 17.9 Å². The van der Waals surface area contributed by atoms with Crippen LogP contribution in [0.15, 0.2) is 18.3 Å². The zero-order valence-corrected chi connectivity index (χ0v) is 10.3. The number of hydrogen-bond acceptors (Lipinski definition) is 3. The van der Waals surface area contributed by atoms with Crippen molar-refractivity contribution in [3.63, 3.8) is 0 Å². The quantitative estimate of drug-likeness (QED) is 0.853. The van der Waals surface area contributed by atoms with Crippen LogP contribution in [-0.2, 0) is 9.53 Å². The molecule has 1 fully saturated rings. The fraction of sp³-hybridized carbons (Fsp3) is 0.538. The lowest BCUT2D eigenvalue weighted by Crippen LogP contribution is -2.36. The Kier molecular flexibility index (Phi) is 3.74. The number of ether oxygens (including phenoxy) is 1. The number of carbonyl (C=O) groups is 1. The first-order valence-corrected chi connectivity index (χ1v) is 6.02. The average molecular weight is 234 g/mol. The molecule has 2 unspecified atom stereocenters. The van der Waals surface area contributed by atoms with Gasteiger partial charge in [0.15, 0.2) is 0 Å². The fourth-order valence-corrected chi connectivity index (χ4v) is 2.11. The second-order valence-corrected chi connectivity index (χ2v) is 4.45. The third-order valence-corrected chi connectivity index (χ3v) is 3.21. The standard InChI is InChI=1S/C13H18N2O2/c1-9-12(6-3-7-14-9)15-13(16)11-5-4-8-17-10(11)2/h3,6-7,10-11H,4-5,8H2,1-2H3,(H,15,16). The van der Waals surface area contributed by atoms with Gasteiger partial charge in [-0.3, -0.25) is 9.78 Å². The Balaban J connectivity index is 2.03. The van der Waals surface area contributed by atoms with Crippen LogP contribution < -0.4 is 5.32 Å². The van der Waals surface area contributed by atoms with E-state index in [0.717, 1.165) is 30.8 Å². The first kappa shape index (κ1) is 12.0. The van der Waals surface area contributed by atoms with E-state index >= 15 is 0 Å². The SMILES string of the molecule is Cc1ncccc1NC(=O)C1CCCOC1C.